The summed E-state index contributed by atoms with van der Waals surface area (Å²) in [6, 6.07) is 0.386. The van der Waals surface area contributed by atoms with Gasteiger partial charge in [-0.1, -0.05) is 0 Å². The SMILES string of the molecule is COCCN1C(=O)CCC[C@H]2CN(Cc3nc[nH]c3C)CC[C@H]21. The lowest BCUT2D eigenvalue weighted by Gasteiger charge is -2.42. The van der Waals surface area contributed by atoms with Crippen LogP contribution in [0.2, 0.25) is 0 Å². The number of ether oxygens (including phenoxy) is 1. The molecule has 128 valence electrons. The van der Waals surface area contributed by atoms with E-state index in [2.05, 4.69) is 26.7 Å². The second kappa shape index (κ2) is 7.45. The molecule has 0 aromatic carbocycles. The van der Waals surface area contributed by atoms with Gasteiger partial charge in [-0.15, -0.1) is 0 Å². The number of fused-ring (bicyclic) bond motifs is 1. The monoisotopic (exact) mass is 320 g/mol. The van der Waals surface area contributed by atoms with E-state index in [1.165, 1.54) is 0 Å². The number of likely N-dealkylation sites (tertiary alicyclic amines) is 2. The van der Waals surface area contributed by atoms with Gasteiger partial charge in [0.1, 0.15) is 0 Å². The third kappa shape index (κ3) is 3.75. The van der Waals surface area contributed by atoms with Crippen molar-refractivity contribution in [3.8, 4) is 0 Å². The van der Waals surface area contributed by atoms with Gasteiger partial charge in [-0.3, -0.25) is 9.69 Å². The summed E-state index contributed by atoms with van der Waals surface area (Å²) in [4.78, 5) is 24.6. The number of aromatic amines is 1. The highest BCUT2D eigenvalue weighted by molar-refractivity contribution is 5.76. The van der Waals surface area contributed by atoms with E-state index in [1.54, 1.807) is 13.4 Å². The lowest BCUT2D eigenvalue weighted by Crippen LogP contribution is -2.52. The highest BCUT2D eigenvalue weighted by Crippen LogP contribution is 2.31. The minimum Gasteiger partial charge on any atom is -0.383 e. The number of amides is 1. The van der Waals surface area contributed by atoms with Crippen LogP contribution in [0.3, 0.4) is 0 Å². The lowest BCUT2D eigenvalue weighted by atomic mass is 9.88. The molecule has 0 unspecified atom stereocenters. The average molecular weight is 320 g/mol. The quantitative estimate of drug-likeness (QED) is 0.894. The Morgan fingerprint density at radius 2 is 2.30 bits per heavy atom. The summed E-state index contributed by atoms with van der Waals surface area (Å²) in [5.41, 5.74) is 2.30. The number of hydrogen-bond donors (Lipinski definition) is 1. The van der Waals surface area contributed by atoms with Crippen molar-refractivity contribution in [3.63, 3.8) is 0 Å². The maximum absolute atomic E-state index is 12.4. The summed E-state index contributed by atoms with van der Waals surface area (Å²) >= 11 is 0. The fraction of sp³-hybridized carbons (Fsp3) is 0.765. The molecule has 1 N–H and O–H groups in total. The molecular weight excluding hydrogens is 292 g/mol. The Morgan fingerprint density at radius 1 is 1.43 bits per heavy atom. The van der Waals surface area contributed by atoms with Crippen molar-refractivity contribution in [1.82, 2.24) is 19.8 Å². The number of nitrogens with one attached hydrogen (secondary N) is 1. The molecule has 1 aromatic heterocycles. The standard InChI is InChI=1S/C17H28N4O2/c1-13-15(19-12-18-13)11-20-7-6-16-14(10-20)4-3-5-17(22)21(16)8-9-23-2/h12,14,16H,3-11H2,1-2H3,(H,18,19)/t14-,16+/m0/s1. The predicted molar refractivity (Wildman–Crippen MR) is 87.9 cm³/mol. The Hall–Kier alpha value is -1.40. The number of H-pyrrole nitrogens is 1. The normalized spacial score (nSPS) is 26.2. The highest BCUT2D eigenvalue weighted by atomic mass is 16.5. The molecule has 6 nitrogen and oxygen atoms in total. The van der Waals surface area contributed by atoms with Gasteiger partial charge in [0.15, 0.2) is 0 Å². The summed E-state index contributed by atoms with van der Waals surface area (Å²) in [6.07, 6.45) is 5.68. The van der Waals surface area contributed by atoms with Crippen LogP contribution in [-0.2, 0) is 16.1 Å². The number of piperidine rings is 1. The van der Waals surface area contributed by atoms with Gasteiger partial charge in [-0.05, 0) is 32.1 Å². The lowest BCUT2D eigenvalue weighted by molar-refractivity contribution is -0.135. The van der Waals surface area contributed by atoms with E-state index in [9.17, 15) is 4.79 Å². The number of carbonyl (C=O) groups excluding carboxylic acids is 1. The van der Waals surface area contributed by atoms with Crippen LogP contribution in [0.1, 0.15) is 37.1 Å². The Morgan fingerprint density at radius 3 is 3.04 bits per heavy atom. The second-order valence-electron chi connectivity index (χ2n) is 6.80. The number of rotatable bonds is 5. The van der Waals surface area contributed by atoms with Gasteiger partial charge in [-0.25, -0.2) is 4.98 Å². The van der Waals surface area contributed by atoms with E-state index < -0.39 is 0 Å². The molecule has 3 rings (SSSR count). The van der Waals surface area contributed by atoms with Crippen molar-refractivity contribution in [2.75, 3.05) is 33.4 Å². The molecule has 0 radical (unpaired) electrons. The highest BCUT2D eigenvalue weighted by Gasteiger charge is 2.37. The molecule has 0 spiro atoms. The smallest absolute Gasteiger partial charge is 0.222 e. The van der Waals surface area contributed by atoms with Crippen molar-refractivity contribution in [2.24, 2.45) is 5.92 Å². The molecule has 0 aliphatic carbocycles. The third-order valence-electron chi connectivity index (χ3n) is 5.31. The number of aromatic nitrogens is 2. The zero-order valence-corrected chi connectivity index (χ0v) is 14.3. The molecule has 0 bridgehead atoms. The van der Waals surface area contributed by atoms with Gasteiger partial charge in [-0.2, -0.15) is 0 Å². The molecule has 0 saturated carbocycles. The van der Waals surface area contributed by atoms with Gasteiger partial charge < -0.3 is 14.6 Å². The molecule has 23 heavy (non-hydrogen) atoms. The van der Waals surface area contributed by atoms with Crippen molar-refractivity contribution in [1.29, 1.82) is 0 Å². The largest absolute Gasteiger partial charge is 0.383 e. The maximum Gasteiger partial charge on any atom is 0.222 e. The number of methoxy groups -OCH3 is 1. The Bertz CT molecular complexity index is 530. The fourth-order valence-electron chi connectivity index (χ4n) is 4.02. The van der Waals surface area contributed by atoms with Crippen molar-refractivity contribution in [2.45, 2.75) is 45.2 Å². The predicted octanol–water partition coefficient (Wildman–Crippen LogP) is 1.57. The van der Waals surface area contributed by atoms with E-state index in [0.29, 0.717) is 30.9 Å². The van der Waals surface area contributed by atoms with Gasteiger partial charge in [0.2, 0.25) is 5.91 Å². The molecule has 2 aliphatic heterocycles. The third-order valence-corrected chi connectivity index (χ3v) is 5.31. The summed E-state index contributed by atoms with van der Waals surface area (Å²) in [7, 11) is 1.70. The number of nitrogens with zero attached hydrogens (tertiary/aromatic N) is 3. The topological polar surface area (TPSA) is 61.5 Å². The first kappa shape index (κ1) is 16.5. The number of hydrogen-bond acceptors (Lipinski definition) is 4. The van der Waals surface area contributed by atoms with Crippen molar-refractivity contribution >= 4 is 5.91 Å². The molecule has 3 heterocycles. The van der Waals surface area contributed by atoms with Crippen molar-refractivity contribution < 1.29 is 9.53 Å². The fourth-order valence-corrected chi connectivity index (χ4v) is 4.02. The minimum atomic E-state index is 0.311. The summed E-state index contributed by atoms with van der Waals surface area (Å²) in [6.45, 7) is 6.44. The van der Waals surface area contributed by atoms with Gasteiger partial charge in [0.25, 0.3) is 0 Å². The average Bonchev–Trinajstić information content (AvgIpc) is 2.87. The number of aryl methyl sites for hydroxylation is 1. The van der Waals surface area contributed by atoms with Crippen LogP contribution in [-0.4, -0.2) is 65.1 Å². The molecule has 1 aromatic rings. The van der Waals surface area contributed by atoms with E-state index >= 15 is 0 Å². The molecule has 2 saturated heterocycles. The first-order chi connectivity index (χ1) is 11.2. The van der Waals surface area contributed by atoms with Crippen LogP contribution >= 0.6 is 0 Å². The molecule has 6 heteroatoms. The first-order valence-electron chi connectivity index (χ1n) is 8.68. The zero-order chi connectivity index (χ0) is 16.2. The number of imidazole rings is 1. The molecule has 1 amide bonds. The van der Waals surface area contributed by atoms with Gasteiger partial charge in [0.05, 0.1) is 18.6 Å². The Kier molecular flexibility index (Phi) is 5.33. The van der Waals surface area contributed by atoms with E-state index in [0.717, 1.165) is 56.8 Å². The van der Waals surface area contributed by atoms with Crippen LogP contribution in [0.4, 0.5) is 0 Å². The Balaban J connectivity index is 1.65. The minimum absolute atomic E-state index is 0.311. The van der Waals surface area contributed by atoms with Gasteiger partial charge in [0, 0.05) is 51.4 Å². The zero-order valence-electron chi connectivity index (χ0n) is 14.3. The van der Waals surface area contributed by atoms with Crippen molar-refractivity contribution in [3.05, 3.63) is 17.7 Å². The molecule has 2 aliphatic rings. The Labute approximate surface area is 138 Å². The van der Waals surface area contributed by atoms with E-state index in [-0.39, 0.29) is 0 Å². The second-order valence-corrected chi connectivity index (χ2v) is 6.80. The van der Waals surface area contributed by atoms with Crippen LogP contribution < -0.4 is 0 Å². The summed E-state index contributed by atoms with van der Waals surface area (Å²) in [5.74, 6) is 0.887. The summed E-state index contributed by atoms with van der Waals surface area (Å²) in [5, 5.41) is 0. The van der Waals surface area contributed by atoms with E-state index in [1.807, 2.05) is 0 Å². The molecule has 2 fully saturated rings. The maximum atomic E-state index is 12.4. The first-order valence-corrected chi connectivity index (χ1v) is 8.68. The van der Waals surface area contributed by atoms with Crippen LogP contribution in [0, 0.1) is 12.8 Å². The molecule has 2 atom stereocenters. The van der Waals surface area contributed by atoms with E-state index in [4.69, 9.17) is 4.74 Å². The number of carbonyl (C=O) groups is 1. The van der Waals surface area contributed by atoms with Crippen LogP contribution in [0.5, 0.6) is 0 Å². The van der Waals surface area contributed by atoms with Crippen LogP contribution in [0.15, 0.2) is 6.33 Å². The van der Waals surface area contributed by atoms with Gasteiger partial charge >= 0.3 is 0 Å². The van der Waals surface area contributed by atoms with Crippen LogP contribution in [0.25, 0.3) is 0 Å². The molecular formula is C17H28N4O2. The summed E-state index contributed by atoms with van der Waals surface area (Å²) < 4.78 is 5.20.